The SMILES string of the molecule is CCOc1cc(C#N)ccc1OCc1ccc(SC(F)F)c(OC)c1. The molecule has 0 aliphatic rings. The molecule has 0 spiro atoms. The lowest BCUT2D eigenvalue weighted by Crippen LogP contribution is -2.01. The van der Waals surface area contributed by atoms with Crippen LogP contribution in [0.5, 0.6) is 17.2 Å². The Labute approximate surface area is 149 Å². The highest BCUT2D eigenvalue weighted by Gasteiger charge is 2.12. The topological polar surface area (TPSA) is 51.5 Å². The first kappa shape index (κ1) is 18.9. The first-order valence-electron chi connectivity index (χ1n) is 7.48. The van der Waals surface area contributed by atoms with Gasteiger partial charge >= 0.3 is 0 Å². The van der Waals surface area contributed by atoms with Crippen molar-refractivity contribution in [3.8, 4) is 23.3 Å². The molecule has 2 aromatic carbocycles. The Kier molecular flexibility index (Phi) is 6.90. The molecule has 0 aromatic heterocycles. The Balaban J connectivity index is 2.14. The third-order valence-electron chi connectivity index (χ3n) is 3.21. The van der Waals surface area contributed by atoms with Crippen LogP contribution in [0.1, 0.15) is 18.1 Å². The van der Waals surface area contributed by atoms with E-state index in [-0.39, 0.29) is 6.61 Å². The van der Waals surface area contributed by atoms with Crippen LogP contribution in [-0.2, 0) is 6.61 Å². The fourth-order valence-electron chi connectivity index (χ4n) is 2.12. The molecule has 0 saturated heterocycles. The zero-order valence-corrected chi connectivity index (χ0v) is 14.6. The number of hydrogen-bond acceptors (Lipinski definition) is 5. The number of rotatable bonds is 8. The van der Waals surface area contributed by atoms with Gasteiger partial charge in [-0.05, 0) is 36.8 Å². The molecule has 0 bridgehead atoms. The van der Waals surface area contributed by atoms with Crippen molar-refractivity contribution in [2.45, 2.75) is 24.2 Å². The van der Waals surface area contributed by atoms with Gasteiger partial charge in [0.25, 0.3) is 5.76 Å². The largest absolute Gasteiger partial charge is 0.496 e. The van der Waals surface area contributed by atoms with Crippen LogP contribution in [0.3, 0.4) is 0 Å². The lowest BCUT2D eigenvalue weighted by Gasteiger charge is -2.13. The number of alkyl halides is 2. The minimum absolute atomic E-state index is 0.210. The molecule has 2 aromatic rings. The van der Waals surface area contributed by atoms with Crippen molar-refractivity contribution in [1.29, 1.82) is 5.26 Å². The molecule has 0 amide bonds. The molecule has 25 heavy (non-hydrogen) atoms. The van der Waals surface area contributed by atoms with Gasteiger partial charge in [-0.15, -0.1) is 0 Å². The van der Waals surface area contributed by atoms with Gasteiger partial charge in [-0.2, -0.15) is 14.0 Å². The van der Waals surface area contributed by atoms with Crippen molar-refractivity contribution >= 4 is 11.8 Å². The average Bonchev–Trinajstić information content (AvgIpc) is 2.61. The summed E-state index contributed by atoms with van der Waals surface area (Å²) in [4.78, 5) is 0.370. The summed E-state index contributed by atoms with van der Waals surface area (Å²) in [5, 5.41) is 8.96. The monoisotopic (exact) mass is 365 g/mol. The second-order valence-electron chi connectivity index (χ2n) is 4.86. The Morgan fingerprint density at radius 1 is 1.08 bits per heavy atom. The maximum atomic E-state index is 12.5. The van der Waals surface area contributed by atoms with Crippen LogP contribution in [0.15, 0.2) is 41.3 Å². The minimum atomic E-state index is -2.51. The number of benzene rings is 2. The zero-order chi connectivity index (χ0) is 18.2. The number of methoxy groups -OCH3 is 1. The molecular formula is C18H17F2NO3S. The van der Waals surface area contributed by atoms with Crippen molar-refractivity contribution in [3.63, 3.8) is 0 Å². The van der Waals surface area contributed by atoms with Crippen LogP contribution in [0.4, 0.5) is 8.78 Å². The summed E-state index contributed by atoms with van der Waals surface area (Å²) in [7, 11) is 1.43. The van der Waals surface area contributed by atoms with Crippen LogP contribution in [0.25, 0.3) is 0 Å². The fourth-order valence-corrected chi connectivity index (χ4v) is 2.72. The Morgan fingerprint density at radius 2 is 1.88 bits per heavy atom. The third kappa shape index (κ3) is 5.26. The van der Waals surface area contributed by atoms with Gasteiger partial charge in [0.2, 0.25) is 0 Å². The van der Waals surface area contributed by atoms with Crippen molar-refractivity contribution in [1.82, 2.24) is 0 Å². The summed E-state index contributed by atoms with van der Waals surface area (Å²) >= 11 is 0.436. The van der Waals surface area contributed by atoms with E-state index >= 15 is 0 Å². The molecule has 0 saturated carbocycles. The molecule has 0 unspecified atom stereocenters. The predicted molar refractivity (Wildman–Crippen MR) is 91.5 cm³/mol. The van der Waals surface area contributed by atoms with E-state index in [0.29, 0.717) is 46.1 Å². The van der Waals surface area contributed by atoms with Crippen molar-refractivity contribution in [2.24, 2.45) is 0 Å². The first-order chi connectivity index (χ1) is 12.1. The third-order valence-corrected chi connectivity index (χ3v) is 3.98. The van der Waals surface area contributed by atoms with Crippen LogP contribution in [0.2, 0.25) is 0 Å². The van der Waals surface area contributed by atoms with E-state index in [0.717, 1.165) is 5.56 Å². The van der Waals surface area contributed by atoms with E-state index < -0.39 is 5.76 Å². The van der Waals surface area contributed by atoms with E-state index in [1.807, 2.05) is 13.0 Å². The van der Waals surface area contributed by atoms with Gasteiger partial charge in [-0.3, -0.25) is 0 Å². The number of thioether (sulfide) groups is 1. The number of ether oxygens (including phenoxy) is 3. The summed E-state index contributed by atoms with van der Waals surface area (Å²) < 4.78 is 41.5. The maximum absolute atomic E-state index is 12.5. The summed E-state index contributed by atoms with van der Waals surface area (Å²) in [6, 6.07) is 11.9. The maximum Gasteiger partial charge on any atom is 0.289 e. The van der Waals surface area contributed by atoms with Crippen LogP contribution in [0, 0.1) is 11.3 Å². The lowest BCUT2D eigenvalue weighted by atomic mass is 10.2. The van der Waals surface area contributed by atoms with Crippen LogP contribution < -0.4 is 14.2 Å². The highest BCUT2D eigenvalue weighted by molar-refractivity contribution is 7.99. The normalized spacial score (nSPS) is 10.4. The highest BCUT2D eigenvalue weighted by atomic mass is 32.2. The quantitative estimate of drug-likeness (QED) is 0.625. The van der Waals surface area contributed by atoms with Gasteiger partial charge in [0.15, 0.2) is 11.5 Å². The lowest BCUT2D eigenvalue weighted by molar-refractivity contribution is 0.251. The first-order valence-corrected chi connectivity index (χ1v) is 8.36. The van der Waals surface area contributed by atoms with E-state index in [2.05, 4.69) is 0 Å². The summed E-state index contributed by atoms with van der Waals surface area (Å²) in [6.07, 6.45) is 0. The average molecular weight is 365 g/mol. The molecule has 0 fully saturated rings. The van der Waals surface area contributed by atoms with Crippen molar-refractivity contribution in [2.75, 3.05) is 13.7 Å². The van der Waals surface area contributed by atoms with Crippen LogP contribution >= 0.6 is 11.8 Å². The highest BCUT2D eigenvalue weighted by Crippen LogP contribution is 2.35. The number of hydrogen-bond donors (Lipinski definition) is 0. The summed E-state index contributed by atoms with van der Waals surface area (Å²) in [5.74, 6) is -1.15. The predicted octanol–water partition coefficient (Wildman–Crippen LogP) is 4.86. The second-order valence-corrected chi connectivity index (χ2v) is 5.89. The standard InChI is InChI=1S/C18H17F2NO3S/c1-3-23-15-8-12(10-21)4-6-14(15)24-11-13-5-7-17(25-18(19)20)16(9-13)22-2/h4-9,18H,3,11H2,1-2H3. The van der Waals surface area contributed by atoms with Gasteiger partial charge in [-0.25, -0.2) is 0 Å². The Hall–Kier alpha value is -2.46. The minimum Gasteiger partial charge on any atom is -0.496 e. The molecule has 0 radical (unpaired) electrons. The smallest absolute Gasteiger partial charge is 0.289 e. The molecular weight excluding hydrogens is 348 g/mol. The van der Waals surface area contributed by atoms with E-state index in [1.54, 1.807) is 36.4 Å². The molecule has 0 heterocycles. The summed E-state index contributed by atoms with van der Waals surface area (Å²) in [5.41, 5.74) is 1.24. The zero-order valence-electron chi connectivity index (χ0n) is 13.8. The number of nitrogens with zero attached hydrogens (tertiary/aromatic N) is 1. The van der Waals surface area contributed by atoms with Crippen LogP contribution in [-0.4, -0.2) is 19.5 Å². The van der Waals surface area contributed by atoms with Gasteiger partial charge in [-0.1, -0.05) is 17.8 Å². The van der Waals surface area contributed by atoms with Crippen molar-refractivity contribution < 1.29 is 23.0 Å². The van der Waals surface area contributed by atoms with Gasteiger partial charge in [0.05, 0.1) is 30.2 Å². The molecule has 4 nitrogen and oxygen atoms in total. The molecule has 132 valence electrons. The van der Waals surface area contributed by atoms with Crippen molar-refractivity contribution in [3.05, 3.63) is 47.5 Å². The molecule has 0 N–H and O–H groups in total. The molecule has 0 aliphatic carbocycles. The number of nitriles is 1. The molecule has 0 aliphatic heterocycles. The van der Waals surface area contributed by atoms with E-state index in [4.69, 9.17) is 19.5 Å². The second kappa shape index (κ2) is 9.14. The summed E-state index contributed by atoms with van der Waals surface area (Å²) in [6.45, 7) is 2.49. The Morgan fingerprint density at radius 3 is 2.52 bits per heavy atom. The molecule has 7 heteroatoms. The van der Waals surface area contributed by atoms with E-state index in [1.165, 1.54) is 7.11 Å². The fraction of sp³-hybridized carbons (Fsp3) is 0.278. The van der Waals surface area contributed by atoms with Gasteiger partial charge in [0, 0.05) is 6.07 Å². The van der Waals surface area contributed by atoms with E-state index in [9.17, 15) is 8.78 Å². The molecule has 2 rings (SSSR count). The number of halogens is 2. The van der Waals surface area contributed by atoms with Gasteiger partial charge < -0.3 is 14.2 Å². The van der Waals surface area contributed by atoms with Gasteiger partial charge in [0.1, 0.15) is 12.4 Å². The Bertz CT molecular complexity index is 762. The molecule has 0 atom stereocenters.